The maximum absolute atomic E-state index is 12.7. The van der Waals surface area contributed by atoms with E-state index in [2.05, 4.69) is 13.0 Å². The third kappa shape index (κ3) is 3.43. The van der Waals surface area contributed by atoms with E-state index < -0.39 is 0 Å². The number of nitrogens with zero attached hydrogens (tertiary/aromatic N) is 2. The second kappa shape index (κ2) is 6.61. The van der Waals surface area contributed by atoms with Gasteiger partial charge in [0.15, 0.2) is 0 Å². The van der Waals surface area contributed by atoms with Gasteiger partial charge in [0.05, 0.1) is 10.9 Å². The maximum atomic E-state index is 12.7. The normalized spacial score (nSPS) is 23.4. The van der Waals surface area contributed by atoms with Crippen molar-refractivity contribution in [3.63, 3.8) is 0 Å². The van der Waals surface area contributed by atoms with E-state index in [0.717, 1.165) is 23.6 Å². The second-order valence-electron chi connectivity index (χ2n) is 6.81. The zero-order valence-corrected chi connectivity index (χ0v) is 14.7. The zero-order chi connectivity index (χ0) is 16.6. The molecular weight excluding hydrogens is 310 g/mol. The molecule has 3 rings (SSSR count). The summed E-state index contributed by atoms with van der Waals surface area (Å²) in [5, 5.41) is 0. The van der Waals surface area contributed by atoms with Crippen molar-refractivity contribution in [2.75, 3.05) is 26.2 Å². The summed E-state index contributed by atoms with van der Waals surface area (Å²) in [5.74, 6) is 0.562. The van der Waals surface area contributed by atoms with Crippen molar-refractivity contribution < 1.29 is 9.59 Å². The largest absolute Gasteiger partial charge is 0.368 e. The monoisotopic (exact) mass is 335 g/mol. The summed E-state index contributed by atoms with van der Waals surface area (Å²) in [6.07, 6.45) is 3.44. The smallest absolute Gasteiger partial charge is 0.264 e. The molecule has 6 heteroatoms. The van der Waals surface area contributed by atoms with E-state index in [1.807, 2.05) is 16.7 Å². The summed E-state index contributed by atoms with van der Waals surface area (Å²) in [6.45, 7) is 6.84. The van der Waals surface area contributed by atoms with E-state index >= 15 is 0 Å². The molecule has 0 spiro atoms. The molecule has 0 unspecified atom stereocenters. The number of nitrogens with two attached hydrogens (primary N) is 1. The number of carbonyl (C=O) groups excluding carboxylic acids is 2. The van der Waals surface area contributed by atoms with Crippen LogP contribution >= 0.6 is 11.3 Å². The molecule has 1 aromatic rings. The molecule has 1 aromatic heterocycles. The number of amides is 2. The van der Waals surface area contributed by atoms with Crippen LogP contribution in [0, 0.1) is 5.92 Å². The quantitative estimate of drug-likeness (QED) is 0.910. The van der Waals surface area contributed by atoms with Gasteiger partial charge in [0.1, 0.15) is 0 Å². The molecule has 1 fully saturated rings. The van der Waals surface area contributed by atoms with Gasteiger partial charge in [0.2, 0.25) is 5.91 Å². The fourth-order valence-corrected chi connectivity index (χ4v) is 4.64. The average Bonchev–Trinajstić information content (AvgIpc) is 2.96. The van der Waals surface area contributed by atoms with Crippen LogP contribution in [0.5, 0.6) is 0 Å². The van der Waals surface area contributed by atoms with Crippen LogP contribution in [0.4, 0.5) is 0 Å². The molecule has 1 saturated heterocycles. The molecule has 5 nitrogen and oxygen atoms in total. The first kappa shape index (κ1) is 16.5. The number of rotatable bonds is 3. The Morgan fingerprint density at radius 3 is 2.65 bits per heavy atom. The predicted octanol–water partition coefficient (Wildman–Crippen LogP) is 1.50. The SMILES string of the molecule is C[C@H]1CCc2sc(C(=O)N3CCN([C@@H](C)C(N)=O)CC3)cc2C1. The molecule has 23 heavy (non-hydrogen) atoms. The number of aryl methyl sites for hydroxylation is 1. The van der Waals surface area contributed by atoms with Crippen LogP contribution in [-0.2, 0) is 17.6 Å². The van der Waals surface area contributed by atoms with E-state index in [1.165, 1.54) is 16.9 Å². The first-order chi connectivity index (χ1) is 11.0. The molecule has 0 bridgehead atoms. The first-order valence-corrected chi connectivity index (χ1v) is 9.21. The van der Waals surface area contributed by atoms with Crippen molar-refractivity contribution in [1.29, 1.82) is 0 Å². The Labute approximate surface area is 141 Å². The number of hydrogen-bond acceptors (Lipinski definition) is 4. The minimum atomic E-state index is -0.301. The highest BCUT2D eigenvalue weighted by molar-refractivity contribution is 7.14. The van der Waals surface area contributed by atoms with Crippen molar-refractivity contribution in [2.24, 2.45) is 11.7 Å². The van der Waals surface area contributed by atoms with Crippen LogP contribution in [0.1, 0.15) is 40.4 Å². The molecule has 126 valence electrons. The molecule has 2 heterocycles. The van der Waals surface area contributed by atoms with E-state index in [9.17, 15) is 9.59 Å². The zero-order valence-electron chi connectivity index (χ0n) is 13.9. The Morgan fingerprint density at radius 1 is 1.30 bits per heavy atom. The van der Waals surface area contributed by atoms with Crippen LogP contribution in [0.3, 0.4) is 0 Å². The maximum Gasteiger partial charge on any atom is 0.264 e. The average molecular weight is 335 g/mol. The highest BCUT2D eigenvalue weighted by Crippen LogP contribution is 2.32. The summed E-state index contributed by atoms with van der Waals surface area (Å²) >= 11 is 1.67. The Morgan fingerprint density at radius 2 is 2.00 bits per heavy atom. The van der Waals surface area contributed by atoms with Crippen LogP contribution in [0.25, 0.3) is 0 Å². The molecule has 2 N–H and O–H groups in total. The van der Waals surface area contributed by atoms with E-state index in [1.54, 1.807) is 11.3 Å². The molecule has 0 aromatic carbocycles. The first-order valence-electron chi connectivity index (χ1n) is 8.40. The fourth-order valence-electron chi connectivity index (χ4n) is 3.46. The highest BCUT2D eigenvalue weighted by atomic mass is 32.1. The van der Waals surface area contributed by atoms with Crippen LogP contribution in [0.2, 0.25) is 0 Å². The van der Waals surface area contributed by atoms with E-state index in [4.69, 9.17) is 5.73 Å². The lowest BCUT2D eigenvalue weighted by Crippen LogP contribution is -2.54. The standard InChI is InChI=1S/C17H25N3O2S/c1-11-3-4-14-13(9-11)10-15(23-14)17(22)20-7-5-19(6-8-20)12(2)16(18)21/h10-12H,3-9H2,1-2H3,(H2,18,21)/t11-,12-/m0/s1. The van der Waals surface area contributed by atoms with Crippen molar-refractivity contribution in [3.05, 3.63) is 21.4 Å². The number of piperazine rings is 1. The Hall–Kier alpha value is -1.40. The summed E-state index contributed by atoms with van der Waals surface area (Å²) < 4.78 is 0. The summed E-state index contributed by atoms with van der Waals surface area (Å²) in [4.78, 5) is 30.2. The van der Waals surface area contributed by atoms with Crippen LogP contribution in [-0.4, -0.2) is 53.8 Å². The van der Waals surface area contributed by atoms with Gasteiger partial charge in [-0.3, -0.25) is 14.5 Å². The topological polar surface area (TPSA) is 66.6 Å². The van der Waals surface area contributed by atoms with E-state index in [0.29, 0.717) is 26.2 Å². The highest BCUT2D eigenvalue weighted by Gasteiger charge is 2.28. The van der Waals surface area contributed by atoms with Gasteiger partial charge in [-0.25, -0.2) is 0 Å². The molecule has 0 saturated carbocycles. The van der Waals surface area contributed by atoms with Gasteiger partial charge in [-0.2, -0.15) is 0 Å². The third-order valence-corrected chi connectivity index (χ3v) is 6.33. The summed E-state index contributed by atoms with van der Waals surface area (Å²) in [7, 11) is 0. The van der Waals surface area contributed by atoms with Crippen molar-refractivity contribution in [3.8, 4) is 0 Å². The second-order valence-corrected chi connectivity index (χ2v) is 7.95. The number of primary amides is 1. The van der Waals surface area contributed by atoms with Gasteiger partial charge >= 0.3 is 0 Å². The molecule has 0 radical (unpaired) electrons. The number of fused-ring (bicyclic) bond motifs is 1. The van der Waals surface area contributed by atoms with Crippen molar-refractivity contribution in [1.82, 2.24) is 9.80 Å². The minimum Gasteiger partial charge on any atom is -0.368 e. The lowest BCUT2D eigenvalue weighted by atomic mass is 9.90. The molecule has 1 aliphatic heterocycles. The van der Waals surface area contributed by atoms with Crippen molar-refractivity contribution in [2.45, 2.75) is 39.2 Å². The molecular formula is C17H25N3O2S. The summed E-state index contributed by atoms with van der Waals surface area (Å²) in [6, 6.07) is 1.85. The van der Waals surface area contributed by atoms with Gasteiger partial charge < -0.3 is 10.6 Å². The van der Waals surface area contributed by atoms with Gasteiger partial charge in [0.25, 0.3) is 5.91 Å². The number of thiophene rings is 1. The lowest BCUT2D eigenvalue weighted by molar-refractivity contribution is -0.123. The summed E-state index contributed by atoms with van der Waals surface area (Å²) in [5.41, 5.74) is 6.73. The predicted molar refractivity (Wildman–Crippen MR) is 91.6 cm³/mol. The minimum absolute atomic E-state index is 0.142. The Bertz CT molecular complexity index is 605. The lowest BCUT2D eigenvalue weighted by Gasteiger charge is -2.36. The van der Waals surface area contributed by atoms with Crippen molar-refractivity contribution >= 4 is 23.2 Å². The van der Waals surface area contributed by atoms with Gasteiger partial charge in [-0.15, -0.1) is 11.3 Å². The molecule has 2 amide bonds. The fraction of sp³-hybridized carbons (Fsp3) is 0.647. The number of carbonyl (C=O) groups is 2. The Balaban J connectivity index is 1.63. The molecule has 2 atom stereocenters. The van der Waals surface area contributed by atoms with Gasteiger partial charge in [0, 0.05) is 31.1 Å². The van der Waals surface area contributed by atoms with Crippen LogP contribution in [0.15, 0.2) is 6.07 Å². The van der Waals surface area contributed by atoms with Crippen LogP contribution < -0.4 is 5.73 Å². The molecule has 1 aliphatic carbocycles. The Kier molecular flexibility index (Phi) is 4.73. The third-order valence-electron chi connectivity index (χ3n) is 5.10. The van der Waals surface area contributed by atoms with E-state index in [-0.39, 0.29) is 17.9 Å². The molecule has 2 aliphatic rings. The number of hydrogen-bond donors (Lipinski definition) is 1. The van der Waals surface area contributed by atoms with Gasteiger partial charge in [-0.1, -0.05) is 6.92 Å². The van der Waals surface area contributed by atoms with Gasteiger partial charge in [-0.05, 0) is 43.7 Å².